The summed E-state index contributed by atoms with van der Waals surface area (Å²) in [4.78, 5) is 13.7. The standard InChI is InChI=1S/C13H18BrNO2/c1-15(2)8-9-17-13(16)12-5-3-4-11(10-12)6-7-14/h3-5,10H,6-9H2,1-2H3. The Hall–Kier alpha value is -0.870. The minimum atomic E-state index is -0.247. The van der Waals surface area contributed by atoms with Crippen LogP contribution in [-0.2, 0) is 11.2 Å². The maximum Gasteiger partial charge on any atom is 0.338 e. The number of nitrogens with zero attached hydrogens (tertiary/aromatic N) is 1. The van der Waals surface area contributed by atoms with Crippen LogP contribution < -0.4 is 0 Å². The summed E-state index contributed by atoms with van der Waals surface area (Å²) in [5, 5.41) is 0.895. The zero-order valence-electron chi connectivity index (χ0n) is 10.3. The number of esters is 1. The van der Waals surface area contributed by atoms with Crippen molar-refractivity contribution in [1.82, 2.24) is 4.90 Å². The largest absolute Gasteiger partial charge is 0.461 e. The van der Waals surface area contributed by atoms with Crippen molar-refractivity contribution in [3.8, 4) is 0 Å². The van der Waals surface area contributed by atoms with Crippen LogP contribution in [0.5, 0.6) is 0 Å². The van der Waals surface area contributed by atoms with Gasteiger partial charge in [-0.2, -0.15) is 0 Å². The van der Waals surface area contributed by atoms with Gasteiger partial charge in [-0.3, -0.25) is 0 Å². The molecule has 0 saturated carbocycles. The van der Waals surface area contributed by atoms with Gasteiger partial charge in [-0.05, 0) is 38.2 Å². The Morgan fingerprint density at radius 2 is 2.18 bits per heavy atom. The molecule has 0 aliphatic carbocycles. The summed E-state index contributed by atoms with van der Waals surface area (Å²) >= 11 is 3.38. The summed E-state index contributed by atoms with van der Waals surface area (Å²) in [6.45, 7) is 1.17. The fraction of sp³-hybridized carbons (Fsp3) is 0.462. The van der Waals surface area contributed by atoms with Crippen molar-refractivity contribution in [2.75, 3.05) is 32.6 Å². The lowest BCUT2D eigenvalue weighted by atomic mass is 10.1. The minimum absolute atomic E-state index is 0.247. The first-order chi connectivity index (χ1) is 8.13. The molecule has 1 rings (SSSR count). The smallest absolute Gasteiger partial charge is 0.338 e. The third kappa shape index (κ3) is 5.33. The van der Waals surface area contributed by atoms with E-state index in [0.29, 0.717) is 12.2 Å². The highest BCUT2D eigenvalue weighted by atomic mass is 79.9. The highest BCUT2D eigenvalue weighted by Crippen LogP contribution is 2.08. The van der Waals surface area contributed by atoms with Crippen molar-refractivity contribution < 1.29 is 9.53 Å². The van der Waals surface area contributed by atoms with Gasteiger partial charge in [0, 0.05) is 11.9 Å². The molecule has 0 heterocycles. The lowest BCUT2D eigenvalue weighted by Crippen LogP contribution is -2.20. The summed E-state index contributed by atoms with van der Waals surface area (Å²) in [7, 11) is 3.90. The normalized spacial score (nSPS) is 10.6. The average molecular weight is 300 g/mol. The van der Waals surface area contributed by atoms with Gasteiger partial charge >= 0.3 is 5.97 Å². The molecule has 0 N–H and O–H groups in total. The van der Waals surface area contributed by atoms with Crippen LogP contribution in [0.1, 0.15) is 15.9 Å². The number of aryl methyl sites for hydroxylation is 1. The van der Waals surface area contributed by atoms with Crippen LogP contribution in [0, 0.1) is 0 Å². The molecule has 1 aromatic rings. The maximum atomic E-state index is 11.7. The molecule has 0 atom stereocenters. The molecule has 0 amide bonds. The molecular weight excluding hydrogens is 282 g/mol. The van der Waals surface area contributed by atoms with E-state index >= 15 is 0 Å². The van der Waals surface area contributed by atoms with Crippen molar-refractivity contribution >= 4 is 21.9 Å². The van der Waals surface area contributed by atoms with E-state index in [4.69, 9.17) is 4.74 Å². The number of likely N-dealkylation sites (N-methyl/N-ethyl adjacent to an activating group) is 1. The van der Waals surface area contributed by atoms with E-state index in [-0.39, 0.29) is 5.97 Å². The SMILES string of the molecule is CN(C)CCOC(=O)c1cccc(CCBr)c1. The molecule has 0 unspecified atom stereocenters. The van der Waals surface area contributed by atoms with Crippen molar-refractivity contribution in [2.45, 2.75) is 6.42 Å². The van der Waals surface area contributed by atoms with Crippen molar-refractivity contribution in [3.63, 3.8) is 0 Å². The second-order valence-corrected chi connectivity index (χ2v) is 4.87. The van der Waals surface area contributed by atoms with Gasteiger partial charge < -0.3 is 9.64 Å². The number of rotatable bonds is 6. The van der Waals surface area contributed by atoms with Crippen LogP contribution in [0.25, 0.3) is 0 Å². The van der Waals surface area contributed by atoms with E-state index in [2.05, 4.69) is 15.9 Å². The third-order valence-corrected chi connectivity index (χ3v) is 2.71. The molecule has 0 aliphatic heterocycles. The Bertz CT molecular complexity index is 366. The molecule has 0 radical (unpaired) electrons. The predicted molar refractivity (Wildman–Crippen MR) is 72.8 cm³/mol. The van der Waals surface area contributed by atoms with Crippen molar-refractivity contribution in [1.29, 1.82) is 0 Å². The molecule has 0 bridgehead atoms. The van der Waals surface area contributed by atoms with Crippen LogP contribution in [0.15, 0.2) is 24.3 Å². The number of carbonyl (C=O) groups is 1. The molecule has 1 aromatic carbocycles. The first-order valence-electron chi connectivity index (χ1n) is 5.60. The molecular formula is C13H18BrNO2. The molecule has 94 valence electrons. The van der Waals surface area contributed by atoms with Gasteiger partial charge in [-0.25, -0.2) is 4.79 Å². The van der Waals surface area contributed by atoms with Crippen LogP contribution in [0.4, 0.5) is 0 Å². The average Bonchev–Trinajstić information content (AvgIpc) is 2.29. The van der Waals surface area contributed by atoms with Gasteiger partial charge in [-0.1, -0.05) is 28.1 Å². The first-order valence-corrected chi connectivity index (χ1v) is 6.72. The monoisotopic (exact) mass is 299 g/mol. The van der Waals surface area contributed by atoms with Gasteiger partial charge in [-0.15, -0.1) is 0 Å². The Morgan fingerprint density at radius 1 is 1.41 bits per heavy atom. The Labute approximate surface area is 111 Å². The van der Waals surface area contributed by atoms with Crippen molar-refractivity contribution in [3.05, 3.63) is 35.4 Å². The van der Waals surface area contributed by atoms with E-state index in [1.807, 2.05) is 37.2 Å². The summed E-state index contributed by atoms with van der Waals surface area (Å²) in [5.41, 5.74) is 1.77. The second kappa shape index (κ2) is 7.45. The zero-order chi connectivity index (χ0) is 12.7. The van der Waals surface area contributed by atoms with Gasteiger partial charge in [0.15, 0.2) is 0 Å². The van der Waals surface area contributed by atoms with Gasteiger partial charge in [0.25, 0.3) is 0 Å². The Morgan fingerprint density at radius 3 is 2.82 bits per heavy atom. The van der Waals surface area contributed by atoms with Crippen LogP contribution in [0.3, 0.4) is 0 Å². The minimum Gasteiger partial charge on any atom is -0.461 e. The molecule has 0 aromatic heterocycles. The predicted octanol–water partition coefficient (Wildman–Crippen LogP) is 2.34. The number of halogens is 1. The number of carbonyl (C=O) groups excluding carboxylic acids is 1. The quantitative estimate of drug-likeness (QED) is 0.596. The highest BCUT2D eigenvalue weighted by molar-refractivity contribution is 9.09. The van der Waals surface area contributed by atoms with Gasteiger partial charge in [0.05, 0.1) is 5.56 Å². The summed E-state index contributed by atoms with van der Waals surface area (Å²) in [6, 6.07) is 7.58. The van der Waals surface area contributed by atoms with E-state index in [1.54, 1.807) is 6.07 Å². The molecule has 17 heavy (non-hydrogen) atoms. The number of alkyl halides is 1. The third-order valence-electron chi connectivity index (χ3n) is 2.32. The van der Waals surface area contributed by atoms with Crippen LogP contribution in [-0.4, -0.2) is 43.4 Å². The number of benzene rings is 1. The fourth-order valence-electron chi connectivity index (χ4n) is 1.37. The number of hydrogen-bond acceptors (Lipinski definition) is 3. The highest BCUT2D eigenvalue weighted by Gasteiger charge is 2.07. The lowest BCUT2D eigenvalue weighted by Gasteiger charge is -2.10. The zero-order valence-corrected chi connectivity index (χ0v) is 11.9. The summed E-state index contributed by atoms with van der Waals surface area (Å²) < 4.78 is 5.18. The lowest BCUT2D eigenvalue weighted by molar-refractivity contribution is 0.0481. The Balaban J connectivity index is 2.53. The molecule has 4 heteroatoms. The molecule has 0 fully saturated rings. The maximum absolute atomic E-state index is 11.7. The topological polar surface area (TPSA) is 29.5 Å². The summed E-state index contributed by atoms with van der Waals surface area (Å²) in [5.74, 6) is -0.247. The first kappa shape index (κ1) is 14.2. The van der Waals surface area contributed by atoms with Crippen LogP contribution in [0.2, 0.25) is 0 Å². The summed E-state index contributed by atoms with van der Waals surface area (Å²) in [6.07, 6.45) is 0.915. The van der Waals surface area contributed by atoms with E-state index < -0.39 is 0 Å². The van der Waals surface area contributed by atoms with E-state index in [1.165, 1.54) is 0 Å². The molecule has 3 nitrogen and oxygen atoms in total. The van der Waals surface area contributed by atoms with Gasteiger partial charge in [0.1, 0.15) is 6.61 Å². The number of hydrogen-bond donors (Lipinski definition) is 0. The fourth-order valence-corrected chi connectivity index (χ4v) is 1.83. The van der Waals surface area contributed by atoms with Crippen molar-refractivity contribution in [2.24, 2.45) is 0 Å². The molecule has 0 spiro atoms. The van der Waals surface area contributed by atoms with Gasteiger partial charge in [0.2, 0.25) is 0 Å². The molecule has 0 aliphatic rings. The molecule has 0 saturated heterocycles. The van der Waals surface area contributed by atoms with E-state index in [0.717, 1.165) is 23.9 Å². The van der Waals surface area contributed by atoms with E-state index in [9.17, 15) is 4.79 Å². The van der Waals surface area contributed by atoms with Crippen LogP contribution >= 0.6 is 15.9 Å². The second-order valence-electron chi connectivity index (χ2n) is 4.08. The number of ether oxygens (including phenoxy) is 1. The Kier molecular flexibility index (Phi) is 6.22.